The number of Topliss-reactive ketones (excluding diaryl/α,β-unsaturated/α-hetero) is 2. The summed E-state index contributed by atoms with van der Waals surface area (Å²) in [6.45, 7) is 0. The molecule has 2 nitrogen and oxygen atoms in total. The number of halogens is 1. The molecule has 2 aliphatic carbocycles. The summed E-state index contributed by atoms with van der Waals surface area (Å²) in [6.07, 6.45) is 0.572. The Morgan fingerprint density at radius 2 is 1.45 bits per heavy atom. The van der Waals surface area contributed by atoms with Crippen molar-refractivity contribution in [2.75, 3.05) is 0 Å². The molecular formula is C17H11ClO2. The normalized spacial score (nSPS) is 22.1. The molecule has 0 N–H and O–H groups in total. The number of fused-ring (bicyclic) bond motifs is 1. The Morgan fingerprint density at radius 1 is 0.900 bits per heavy atom. The minimum Gasteiger partial charge on any atom is -0.293 e. The molecule has 0 radical (unpaired) electrons. The Balaban J connectivity index is 1.82. The lowest BCUT2D eigenvalue weighted by atomic mass is 9.94. The number of rotatable bonds is 1. The van der Waals surface area contributed by atoms with Gasteiger partial charge in [0.1, 0.15) is 5.41 Å². The maximum absolute atomic E-state index is 12.6. The van der Waals surface area contributed by atoms with E-state index in [1.165, 1.54) is 0 Å². The molecule has 0 saturated heterocycles. The molecule has 0 aliphatic heterocycles. The van der Waals surface area contributed by atoms with E-state index in [1.54, 1.807) is 30.3 Å². The summed E-state index contributed by atoms with van der Waals surface area (Å²) in [4.78, 5) is 25.2. The quantitative estimate of drug-likeness (QED) is 0.744. The highest BCUT2D eigenvalue weighted by atomic mass is 35.5. The van der Waals surface area contributed by atoms with Crippen molar-refractivity contribution in [3.8, 4) is 0 Å². The molecule has 2 aromatic rings. The van der Waals surface area contributed by atoms with Crippen molar-refractivity contribution in [3.05, 3.63) is 70.2 Å². The first-order valence-corrected chi connectivity index (χ1v) is 6.97. The number of hydrogen-bond donors (Lipinski definition) is 0. The van der Waals surface area contributed by atoms with E-state index >= 15 is 0 Å². The molecule has 0 aromatic heterocycles. The van der Waals surface area contributed by atoms with Gasteiger partial charge in [-0.3, -0.25) is 9.59 Å². The van der Waals surface area contributed by atoms with Crippen LogP contribution in [0.4, 0.5) is 0 Å². The first-order chi connectivity index (χ1) is 9.66. The van der Waals surface area contributed by atoms with Crippen molar-refractivity contribution in [1.29, 1.82) is 0 Å². The molecule has 0 bridgehead atoms. The lowest BCUT2D eigenvalue weighted by molar-refractivity contribution is 0.0809. The summed E-state index contributed by atoms with van der Waals surface area (Å²) >= 11 is 6.20. The molecule has 1 fully saturated rings. The molecule has 4 rings (SSSR count). The van der Waals surface area contributed by atoms with Gasteiger partial charge in [0.15, 0.2) is 11.6 Å². The van der Waals surface area contributed by atoms with Gasteiger partial charge in [-0.05, 0) is 18.1 Å². The van der Waals surface area contributed by atoms with Crippen LogP contribution in [0.3, 0.4) is 0 Å². The second-order valence-electron chi connectivity index (χ2n) is 5.45. The molecule has 0 heterocycles. The molecular weight excluding hydrogens is 272 g/mol. The van der Waals surface area contributed by atoms with Crippen LogP contribution in [0.15, 0.2) is 48.5 Å². The molecule has 2 aliphatic rings. The van der Waals surface area contributed by atoms with Crippen molar-refractivity contribution >= 4 is 23.2 Å². The van der Waals surface area contributed by atoms with Crippen LogP contribution in [0.25, 0.3) is 0 Å². The molecule has 1 spiro atoms. The predicted octanol–water partition coefficient (Wildman–Crippen LogP) is 3.89. The van der Waals surface area contributed by atoms with Crippen molar-refractivity contribution < 1.29 is 9.59 Å². The number of hydrogen-bond acceptors (Lipinski definition) is 2. The van der Waals surface area contributed by atoms with Gasteiger partial charge in [-0.2, -0.15) is 0 Å². The third-order valence-electron chi connectivity index (χ3n) is 4.47. The van der Waals surface area contributed by atoms with Gasteiger partial charge < -0.3 is 0 Å². The smallest absolute Gasteiger partial charge is 0.178 e. The van der Waals surface area contributed by atoms with E-state index in [-0.39, 0.29) is 17.5 Å². The maximum Gasteiger partial charge on any atom is 0.178 e. The number of carbonyl (C=O) groups excluding carboxylic acids is 2. The van der Waals surface area contributed by atoms with E-state index in [4.69, 9.17) is 11.6 Å². The fourth-order valence-electron chi connectivity index (χ4n) is 3.36. The fourth-order valence-corrected chi connectivity index (χ4v) is 3.63. The summed E-state index contributed by atoms with van der Waals surface area (Å²) in [5, 5.41) is 0.630. The van der Waals surface area contributed by atoms with Crippen LogP contribution < -0.4 is 0 Å². The lowest BCUT2D eigenvalue weighted by Crippen LogP contribution is -2.19. The molecule has 0 amide bonds. The molecule has 3 heteroatoms. The molecule has 1 atom stereocenters. The molecule has 1 saturated carbocycles. The third kappa shape index (κ3) is 1.30. The van der Waals surface area contributed by atoms with Gasteiger partial charge in [-0.25, -0.2) is 0 Å². The largest absolute Gasteiger partial charge is 0.293 e. The monoisotopic (exact) mass is 282 g/mol. The van der Waals surface area contributed by atoms with Crippen molar-refractivity contribution in [2.24, 2.45) is 5.41 Å². The highest BCUT2D eigenvalue weighted by Gasteiger charge is 2.69. The minimum atomic E-state index is -0.880. The predicted molar refractivity (Wildman–Crippen MR) is 76.3 cm³/mol. The van der Waals surface area contributed by atoms with Crippen LogP contribution in [0.1, 0.15) is 38.6 Å². The Labute approximate surface area is 121 Å². The van der Waals surface area contributed by atoms with Gasteiger partial charge in [-0.15, -0.1) is 0 Å². The van der Waals surface area contributed by atoms with Crippen LogP contribution in [0.5, 0.6) is 0 Å². The van der Waals surface area contributed by atoms with E-state index in [2.05, 4.69) is 0 Å². The number of ketones is 2. The van der Waals surface area contributed by atoms with Gasteiger partial charge >= 0.3 is 0 Å². The first-order valence-electron chi connectivity index (χ1n) is 6.59. The highest BCUT2D eigenvalue weighted by molar-refractivity contribution is 6.34. The summed E-state index contributed by atoms with van der Waals surface area (Å²) in [6, 6.07) is 14.5. The Kier molecular flexibility index (Phi) is 2.25. The zero-order valence-corrected chi connectivity index (χ0v) is 11.4. The van der Waals surface area contributed by atoms with Gasteiger partial charge in [-0.1, -0.05) is 54.1 Å². The second kappa shape index (κ2) is 3.80. The molecule has 98 valence electrons. The zero-order valence-electron chi connectivity index (χ0n) is 10.6. The molecule has 2 aromatic carbocycles. The number of carbonyl (C=O) groups is 2. The second-order valence-corrected chi connectivity index (χ2v) is 5.86. The summed E-state index contributed by atoms with van der Waals surface area (Å²) < 4.78 is 0. The minimum absolute atomic E-state index is 0.0389. The van der Waals surface area contributed by atoms with E-state index in [1.807, 2.05) is 18.2 Å². The summed E-state index contributed by atoms with van der Waals surface area (Å²) in [7, 11) is 0. The summed E-state index contributed by atoms with van der Waals surface area (Å²) in [5.74, 6) is -0.158. The van der Waals surface area contributed by atoms with E-state index in [0.717, 1.165) is 5.56 Å². The van der Waals surface area contributed by atoms with E-state index < -0.39 is 5.41 Å². The van der Waals surface area contributed by atoms with Crippen LogP contribution in [0, 0.1) is 5.41 Å². The van der Waals surface area contributed by atoms with Crippen LogP contribution in [-0.4, -0.2) is 11.6 Å². The first kappa shape index (κ1) is 11.9. The van der Waals surface area contributed by atoms with Crippen molar-refractivity contribution in [1.82, 2.24) is 0 Å². The topological polar surface area (TPSA) is 34.1 Å². The molecule has 1 unspecified atom stereocenters. The average molecular weight is 283 g/mol. The van der Waals surface area contributed by atoms with E-state index in [9.17, 15) is 9.59 Å². The van der Waals surface area contributed by atoms with Gasteiger partial charge in [0.25, 0.3) is 0 Å². The van der Waals surface area contributed by atoms with Crippen LogP contribution in [-0.2, 0) is 0 Å². The van der Waals surface area contributed by atoms with Crippen LogP contribution in [0.2, 0.25) is 5.02 Å². The molecule has 20 heavy (non-hydrogen) atoms. The Hall–Kier alpha value is -1.93. The fraction of sp³-hybridized carbons (Fsp3) is 0.176. The third-order valence-corrected chi connectivity index (χ3v) is 4.81. The van der Waals surface area contributed by atoms with Crippen LogP contribution >= 0.6 is 11.6 Å². The van der Waals surface area contributed by atoms with Crippen molar-refractivity contribution in [2.45, 2.75) is 12.3 Å². The highest BCUT2D eigenvalue weighted by Crippen LogP contribution is 2.66. The van der Waals surface area contributed by atoms with Gasteiger partial charge in [0, 0.05) is 22.1 Å². The SMILES string of the molecule is O=C1c2ccccc2C(=O)C12CC2c1ccccc1Cl. The standard InChI is InChI=1S/C17H11ClO2/c18-14-8-4-3-7-12(14)13-9-17(13)15(19)10-5-1-2-6-11(10)16(17)20/h1-8,13H,9H2. The van der Waals surface area contributed by atoms with E-state index in [0.29, 0.717) is 22.6 Å². The van der Waals surface area contributed by atoms with Gasteiger partial charge in [0.2, 0.25) is 0 Å². The lowest BCUT2D eigenvalue weighted by Gasteiger charge is -2.07. The Morgan fingerprint density at radius 3 is 2.05 bits per heavy atom. The number of benzene rings is 2. The van der Waals surface area contributed by atoms with Crippen molar-refractivity contribution in [3.63, 3.8) is 0 Å². The zero-order chi connectivity index (χ0) is 13.9. The average Bonchev–Trinajstić information content (AvgIpc) is 3.18. The van der Waals surface area contributed by atoms with Gasteiger partial charge in [0.05, 0.1) is 0 Å². The summed E-state index contributed by atoms with van der Waals surface area (Å²) in [5.41, 5.74) is 1.15. The Bertz CT molecular complexity index is 728. The maximum atomic E-state index is 12.6.